The third-order valence-electron chi connectivity index (χ3n) is 5.11. The van der Waals surface area contributed by atoms with E-state index in [9.17, 15) is 19.2 Å². The molecule has 0 aliphatic heterocycles. The van der Waals surface area contributed by atoms with Crippen molar-refractivity contribution in [1.29, 1.82) is 0 Å². The van der Waals surface area contributed by atoms with Gasteiger partial charge < -0.3 is 18.9 Å². The maximum Gasteiger partial charge on any atom is 0.323 e. The Morgan fingerprint density at radius 3 is 1.06 bits per heavy atom. The molecule has 0 aliphatic carbocycles. The molecule has 1 aromatic rings. The van der Waals surface area contributed by atoms with Crippen LogP contribution in [0.25, 0.3) is 0 Å². The van der Waals surface area contributed by atoms with E-state index in [4.69, 9.17) is 18.9 Å². The molecule has 32 heavy (non-hydrogen) atoms. The van der Waals surface area contributed by atoms with Crippen LogP contribution in [-0.2, 0) is 51.0 Å². The van der Waals surface area contributed by atoms with Crippen molar-refractivity contribution in [2.75, 3.05) is 26.4 Å². The molecule has 0 fully saturated rings. The Kier molecular flexibility index (Phi) is 10.4. The molecule has 8 heteroatoms. The van der Waals surface area contributed by atoms with Gasteiger partial charge in [0.05, 0.1) is 26.4 Å². The summed E-state index contributed by atoms with van der Waals surface area (Å²) < 4.78 is 20.6. The van der Waals surface area contributed by atoms with Gasteiger partial charge in [0.2, 0.25) is 0 Å². The number of carbonyl (C=O) groups is 4. The molecule has 0 N–H and O–H groups in total. The van der Waals surface area contributed by atoms with Crippen LogP contribution >= 0.6 is 0 Å². The number of carbonyl (C=O) groups excluding carboxylic acids is 4. The van der Waals surface area contributed by atoms with E-state index in [1.807, 2.05) is 0 Å². The van der Waals surface area contributed by atoms with Crippen molar-refractivity contribution >= 4 is 23.9 Å². The molecular weight excluding hydrogens is 416 g/mol. The second-order valence-electron chi connectivity index (χ2n) is 7.67. The third kappa shape index (κ3) is 6.31. The Hall–Kier alpha value is -2.90. The Labute approximate surface area is 189 Å². The van der Waals surface area contributed by atoms with Crippen LogP contribution in [0.4, 0.5) is 0 Å². The van der Waals surface area contributed by atoms with Gasteiger partial charge in [-0.2, -0.15) is 0 Å². The molecule has 178 valence electrons. The van der Waals surface area contributed by atoms with Crippen molar-refractivity contribution in [2.45, 2.75) is 54.4 Å². The Balaban J connectivity index is 3.42. The summed E-state index contributed by atoms with van der Waals surface area (Å²) in [4.78, 5) is 50.8. The number of hydrogen-bond acceptors (Lipinski definition) is 8. The highest BCUT2D eigenvalue weighted by Gasteiger charge is 2.47. The topological polar surface area (TPSA) is 105 Å². The van der Waals surface area contributed by atoms with Crippen LogP contribution in [-0.4, -0.2) is 50.3 Å². The Morgan fingerprint density at radius 2 is 0.844 bits per heavy atom. The van der Waals surface area contributed by atoms with Gasteiger partial charge in [0.1, 0.15) is 0 Å². The van der Waals surface area contributed by atoms with Crippen molar-refractivity contribution in [3.8, 4) is 0 Å². The minimum atomic E-state index is -1.59. The largest absolute Gasteiger partial charge is 0.465 e. The zero-order valence-corrected chi connectivity index (χ0v) is 19.8. The molecule has 0 unspecified atom stereocenters. The minimum absolute atomic E-state index is 0.0252. The molecular formula is C24H34O8. The van der Waals surface area contributed by atoms with Gasteiger partial charge in [-0.3, -0.25) is 19.2 Å². The number of rotatable bonds is 12. The molecule has 0 heterocycles. The van der Waals surface area contributed by atoms with Crippen LogP contribution < -0.4 is 0 Å². The molecule has 0 radical (unpaired) electrons. The van der Waals surface area contributed by atoms with E-state index in [0.29, 0.717) is 11.1 Å². The van der Waals surface area contributed by atoms with Crippen LogP contribution in [0.5, 0.6) is 0 Å². The highest BCUT2D eigenvalue weighted by molar-refractivity contribution is 6.01. The van der Waals surface area contributed by atoms with Crippen LogP contribution in [0.1, 0.15) is 52.7 Å². The molecule has 0 amide bonds. The molecule has 1 rings (SSSR count). The summed E-state index contributed by atoms with van der Waals surface area (Å²) in [6.45, 7) is 9.99. The van der Waals surface area contributed by atoms with E-state index < -0.39 is 34.7 Å². The molecule has 1 aromatic carbocycles. The fourth-order valence-electron chi connectivity index (χ4n) is 3.28. The summed E-state index contributed by atoms with van der Waals surface area (Å²) in [6.07, 6.45) is -0.0505. The van der Waals surface area contributed by atoms with Crippen molar-refractivity contribution < 1.29 is 38.1 Å². The van der Waals surface area contributed by atoms with Gasteiger partial charge in [-0.25, -0.2) is 0 Å². The van der Waals surface area contributed by atoms with Gasteiger partial charge in [-0.15, -0.1) is 0 Å². The van der Waals surface area contributed by atoms with E-state index in [1.54, 1.807) is 52.0 Å². The first-order valence-corrected chi connectivity index (χ1v) is 10.9. The molecule has 0 aliphatic rings. The van der Waals surface area contributed by atoms with E-state index in [-0.39, 0.29) is 39.3 Å². The molecule has 0 bridgehead atoms. The molecule has 0 saturated carbocycles. The smallest absolute Gasteiger partial charge is 0.323 e. The minimum Gasteiger partial charge on any atom is -0.465 e. The van der Waals surface area contributed by atoms with E-state index in [0.717, 1.165) is 0 Å². The van der Waals surface area contributed by atoms with Gasteiger partial charge in [0.15, 0.2) is 10.8 Å². The molecule has 8 nitrogen and oxygen atoms in total. The zero-order chi connectivity index (χ0) is 24.4. The quantitative estimate of drug-likeness (QED) is 0.272. The third-order valence-corrected chi connectivity index (χ3v) is 5.11. The van der Waals surface area contributed by atoms with Gasteiger partial charge in [-0.05, 0) is 65.5 Å². The van der Waals surface area contributed by atoms with Crippen molar-refractivity contribution in [3.05, 3.63) is 35.4 Å². The normalized spacial score (nSPS) is 11.4. The summed E-state index contributed by atoms with van der Waals surface area (Å²) in [6, 6.07) is 6.98. The summed E-state index contributed by atoms with van der Waals surface area (Å²) >= 11 is 0. The first-order valence-electron chi connectivity index (χ1n) is 10.9. The molecule has 0 spiro atoms. The molecule has 0 aromatic heterocycles. The van der Waals surface area contributed by atoms with Crippen LogP contribution in [0, 0.1) is 10.8 Å². The average molecular weight is 451 g/mol. The predicted molar refractivity (Wildman–Crippen MR) is 117 cm³/mol. The average Bonchev–Trinajstić information content (AvgIpc) is 2.75. The van der Waals surface area contributed by atoms with Gasteiger partial charge in [-0.1, -0.05) is 24.3 Å². The van der Waals surface area contributed by atoms with E-state index in [2.05, 4.69) is 0 Å². The van der Waals surface area contributed by atoms with Gasteiger partial charge in [0, 0.05) is 0 Å². The number of ether oxygens (including phenoxy) is 4. The lowest BCUT2D eigenvalue weighted by Gasteiger charge is -2.28. The monoisotopic (exact) mass is 450 g/mol. The highest BCUT2D eigenvalue weighted by Crippen LogP contribution is 2.32. The SMILES string of the molecule is CCOC(=O)C(C)(Cc1ccccc1CC(C)(C(=O)OCC)C(=O)OCC)C(=O)OCC. The van der Waals surface area contributed by atoms with Crippen molar-refractivity contribution in [2.24, 2.45) is 10.8 Å². The maximum atomic E-state index is 12.7. The summed E-state index contributed by atoms with van der Waals surface area (Å²) in [5, 5.41) is 0. The lowest BCUT2D eigenvalue weighted by Crippen LogP contribution is -2.43. The second kappa shape index (κ2) is 12.2. The molecule has 0 saturated heterocycles. The van der Waals surface area contributed by atoms with E-state index >= 15 is 0 Å². The lowest BCUT2D eigenvalue weighted by atomic mass is 9.77. The highest BCUT2D eigenvalue weighted by atomic mass is 16.6. The fraction of sp³-hybridized carbons (Fsp3) is 0.583. The number of benzene rings is 1. The summed E-state index contributed by atoms with van der Waals surface area (Å²) in [5.41, 5.74) is -1.97. The zero-order valence-electron chi connectivity index (χ0n) is 19.8. The molecule has 0 atom stereocenters. The predicted octanol–water partition coefficient (Wildman–Crippen LogP) is 3.04. The Bertz CT molecular complexity index is 711. The van der Waals surface area contributed by atoms with Crippen LogP contribution in [0.3, 0.4) is 0 Å². The number of esters is 4. The maximum absolute atomic E-state index is 12.7. The first-order chi connectivity index (χ1) is 15.1. The summed E-state index contributed by atoms with van der Waals surface area (Å²) in [7, 11) is 0. The van der Waals surface area contributed by atoms with Crippen LogP contribution in [0.2, 0.25) is 0 Å². The van der Waals surface area contributed by atoms with E-state index in [1.165, 1.54) is 13.8 Å². The van der Waals surface area contributed by atoms with Crippen LogP contribution in [0.15, 0.2) is 24.3 Å². The summed E-state index contributed by atoms with van der Waals surface area (Å²) in [5.74, 6) is -2.81. The number of hydrogen-bond donors (Lipinski definition) is 0. The van der Waals surface area contributed by atoms with Gasteiger partial charge in [0.25, 0.3) is 0 Å². The second-order valence-corrected chi connectivity index (χ2v) is 7.67. The van der Waals surface area contributed by atoms with Crippen molar-refractivity contribution in [3.63, 3.8) is 0 Å². The van der Waals surface area contributed by atoms with Gasteiger partial charge >= 0.3 is 23.9 Å². The fourth-order valence-corrected chi connectivity index (χ4v) is 3.28. The van der Waals surface area contributed by atoms with Crippen molar-refractivity contribution in [1.82, 2.24) is 0 Å². The Morgan fingerprint density at radius 1 is 0.594 bits per heavy atom. The first kappa shape index (κ1) is 27.1. The lowest BCUT2D eigenvalue weighted by molar-refractivity contribution is -0.172. The standard InChI is InChI=1S/C24H34O8/c1-7-29-19(25)23(5,20(26)30-8-2)15-17-13-11-12-14-18(17)16-24(6,21(27)31-9-3)22(28)32-10-4/h11-14H,7-10,15-16H2,1-6H3.